The number of unbranched alkanes of at least 4 members (excludes halogenated alkanes) is 1. The molecule has 0 saturated carbocycles. The lowest BCUT2D eigenvalue weighted by molar-refractivity contribution is 0.521. The monoisotopic (exact) mass is 496 g/mol. The molecule has 1 aromatic carbocycles. The van der Waals surface area contributed by atoms with Crippen LogP contribution < -0.4 is 5.69 Å². The number of aryl methyl sites for hydroxylation is 1. The molecule has 37 heavy (non-hydrogen) atoms. The van der Waals surface area contributed by atoms with Crippen molar-refractivity contribution in [1.82, 2.24) is 39.3 Å². The van der Waals surface area contributed by atoms with E-state index in [1.54, 1.807) is 4.57 Å². The number of tetrazole rings is 1. The van der Waals surface area contributed by atoms with Crippen LogP contribution in [-0.2, 0) is 13.0 Å². The van der Waals surface area contributed by atoms with Gasteiger partial charge in [0.2, 0.25) is 0 Å². The molecular weight excluding hydrogens is 464 g/mol. The molecule has 4 aromatic heterocycles. The van der Waals surface area contributed by atoms with Crippen LogP contribution in [-0.4, -0.2) is 39.3 Å². The molecule has 5 aromatic rings. The van der Waals surface area contributed by atoms with Crippen molar-refractivity contribution in [1.29, 1.82) is 0 Å². The number of nitrogens with one attached hydrogen (secondary N) is 1. The van der Waals surface area contributed by atoms with Gasteiger partial charge in [0.1, 0.15) is 5.82 Å². The Hall–Kier alpha value is -4.27. The van der Waals surface area contributed by atoms with E-state index in [1.165, 1.54) is 0 Å². The van der Waals surface area contributed by atoms with Crippen molar-refractivity contribution in [3.05, 3.63) is 89.0 Å². The summed E-state index contributed by atoms with van der Waals surface area (Å²) in [7, 11) is 0. The summed E-state index contributed by atoms with van der Waals surface area (Å²) in [6.07, 6.45) is 9.82. The minimum Gasteiger partial charge on any atom is -0.331 e. The Labute approximate surface area is 215 Å². The van der Waals surface area contributed by atoms with Gasteiger partial charge in [-0.25, -0.2) is 9.89 Å². The maximum absolute atomic E-state index is 13.6. The highest BCUT2D eigenvalue weighted by atomic mass is 16.1. The smallest absolute Gasteiger partial charge is 0.331 e. The summed E-state index contributed by atoms with van der Waals surface area (Å²) in [6.45, 7) is 6.92. The van der Waals surface area contributed by atoms with Gasteiger partial charge in [0.15, 0.2) is 5.82 Å². The molecule has 1 N–H and O–H groups in total. The Balaban J connectivity index is 1.47. The maximum Gasteiger partial charge on any atom is 0.334 e. The second-order valence-corrected chi connectivity index (χ2v) is 9.33. The zero-order valence-corrected chi connectivity index (χ0v) is 21.5. The number of aromatic nitrogens is 8. The fourth-order valence-electron chi connectivity index (χ4n) is 4.63. The fraction of sp³-hybridized carbons (Fsp3) is 0.321. The lowest BCUT2D eigenvalue weighted by atomic mass is 10.0. The third-order valence-electron chi connectivity index (χ3n) is 6.90. The van der Waals surface area contributed by atoms with Crippen LogP contribution in [0.5, 0.6) is 0 Å². The lowest BCUT2D eigenvalue weighted by Gasteiger charge is -2.15. The third kappa shape index (κ3) is 4.89. The summed E-state index contributed by atoms with van der Waals surface area (Å²) >= 11 is 0. The number of benzene rings is 1. The van der Waals surface area contributed by atoms with Gasteiger partial charge in [-0.15, -0.1) is 5.10 Å². The molecule has 4 heterocycles. The molecule has 0 aliphatic heterocycles. The highest BCUT2D eigenvalue weighted by Crippen LogP contribution is 2.29. The van der Waals surface area contributed by atoms with E-state index < -0.39 is 0 Å². The number of aromatic amines is 1. The fourth-order valence-corrected chi connectivity index (χ4v) is 4.63. The van der Waals surface area contributed by atoms with Crippen LogP contribution in [0.4, 0.5) is 0 Å². The molecule has 0 aliphatic carbocycles. The summed E-state index contributed by atoms with van der Waals surface area (Å²) in [4.78, 5) is 18.4. The minimum absolute atomic E-state index is 0.0385. The molecule has 0 bridgehead atoms. The van der Waals surface area contributed by atoms with Crippen molar-refractivity contribution in [3.8, 4) is 28.3 Å². The van der Waals surface area contributed by atoms with E-state index in [-0.39, 0.29) is 5.69 Å². The summed E-state index contributed by atoms with van der Waals surface area (Å²) in [5, 5.41) is 14.3. The first-order chi connectivity index (χ1) is 18.1. The molecule has 0 aliphatic rings. The largest absolute Gasteiger partial charge is 0.334 e. The van der Waals surface area contributed by atoms with Gasteiger partial charge in [0, 0.05) is 41.5 Å². The summed E-state index contributed by atoms with van der Waals surface area (Å²) in [6, 6.07) is 16.3. The van der Waals surface area contributed by atoms with Crippen LogP contribution in [0.2, 0.25) is 0 Å². The maximum atomic E-state index is 13.6. The highest BCUT2D eigenvalue weighted by Gasteiger charge is 2.17. The quantitative estimate of drug-likeness (QED) is 0.292. The van der Waals surface area contributed by atoms with E-state index in [0.29, 0.717) is 18.4 Å². The van der Waals surface area contributed by atoms with Gasteiger partial charge in [0.05, 0.1) is 12.2 Å². The van der Waals surface area contributed by atoms with Crippen LogP contribution in [0.25, 0.3) is 28.3 Å². The first-order valence-electron chi connectivity index (χ1n) is 12.9. The van der Waals surface area contributed by atoms with Crippen molar-refractivity contribution in [3.63, 3.8) is 0 Å². The molecule has 9 nitrogen and oxygen atoms in total. The van der Waals surface area contributed by atoms with Crippen molar-refractivity contribution in [2.45, 2.75) is 59.0 Å². The second-order valence-electron chi connectivity index (χ2n) is 9.33. The van der Waals surface area contributed by atoms with Gasteiger partial charge in [-0.3, -0.25) is 14.1 Å². The second kappa shape index (κ2) is 10.8. The Morgan fingerprint density at radius 3 is 2.57 bits per heavy atom. The first-order valence-corrected chi connectivity index (χ1v) is 12.9. The molecule has 190 valence electrons. The molecule has 0 spiro atoms. The summed E-state index contributed by atoms with van der Waals surface area (Å²) in [5.41, 5.74) is 4.66. The Bertz CT molecular complexity index is 1510. The standard InChI is InChI=1S/C28H32N8O/c1-4-6-10-23-19-36(26-13-9-16-34(26)20(3)5-2)28(37)35(23)18-22-15-14-21(17-29-22)24-11-7-8-12-25(24)27-30-32-33-31-27/h7-9,11-17,19-20H,4-6,10,18H2,1-3H3,(H,30,31,32,33). The Kier molecular flexibility index (Phi) is 7.11. The van der Waals surface area contributed by atoms with E-state index >= 15 is 0 Å². The van der Waals surface area contributed by atoms with Gasteiger partial charge >= 0.3 is 5.69 Å². The normalized spacial score (nSPS) is 12.2. The van der Waals surface area contributed by atoms with Crippen molar-refractivity contribution >= 4 is 0 Å². The van der Waals surface area contributed by atoms with Gasteiger partial charge in [0.25, 0.3) is 0 Å². The molecule has 0 fully saturated rings. The molecule has 1 atom stereocenters. The minimum atomic E-state index is -0.0385. The van der Waals surface area contributed by atoms with Gasteiger partial charge in [-0.2, -0.15) is 0 Å². The number of pyridine rings is 1. The lowest BCUT2D eigenvalue weighted by Crippen LogP contribution is -2.26. The number of H-pyrrole nitrogens is 1. The van der Waals surface area contributed by atoms with Crippen molar-refractivity contribution in [2.24, 2.45) is 0 Å². The molecular formula is C28H32N8O. The molecule has 0 radical (unpaired) electrons. The van der Waals surface area contributed by atoms with Crippen molar-refractivity contribution in [2.75, 3.05) is 0 Å². The number of imidazole rings is 1. The first kappa shape index (κ1) is 24.4. The molecule has 0 saturated heterocycles. The van der Waals surface area contributed by atoms with Gasteiger partial charge in [-0.05, 0) is 60.4 Å². The van der Waals surface area contributed by atoms with Crippen LogP contribution >= 0.6 is 0 Å². The average molecular weight is 497 g/mol. The third-order valence-corrected chi connectivity index (χ3v) is 6.90. The van der Waals surface area contributed by atoms with E-state index in [0.717, 1.165) is 59.6 Å². The number of rotatable bonds is 10. The average Bonchev–Trinajstić information content (AvgIpc) is 3.69. The highest BCUT2D eigenvalue weighted by molar-refractivity contribution is 5.79. The number of hydrogen-bond acceptors (Lipinski definition) is 5. The molecule has 0 amide bonds. The Morgan fingerprint density at radius 2 is 1.86 bits per heavy atom. The molecule has 5 rings (SSSR count). The van der Waals surface area contributed by atoms with Crippen molar-refractivity contribution < 1.29 is 0 Å². The predicted molar refractivity (Wildman–Crippen MR) is 144 cm³/mol. The SMILES string of the molecule is CCCCc1cn(-c2cccn2C(C)CC)c(=O)n1Cc1ccc(-c2ccccc2-c2nnn[nH]2)cn1. The Morgan fingerprint density at radius 1 is 1.03 bits per heavy atom. The van der Waals surface area contributed by atoms with Crippen LogP contribution in [0.3, 0.4) is 0 Å². The van der Waals surface area contributed by atoms with E-state index in [1.807, 2.05) is 71.7 Å². The topological polar surface area (TPSA) is 99.2 Å². The molecule has 9 heteroatoms. The zero-order chi connectivity index (χ0) is 25.8. The van der Waals surface area contributed by atoms with E-state index in [9.17, 15) is 4.79 Å². The van der Waals surface area contributed by atoms with Crippen LogP contribution in [0.1, 0.15) is 57.5 Å². The van der Waals surface area contributed by atoms with Gasteiger partial charge < -0.3 is 4.57 Å². The van der Waals surface area contributed by atoms with Crippen LogP contribution in [0, 0.1) is 0 Å². The summed E-state index contributed by atoms with van der Waals surface area (Å²) < 4.78 is 5.82. The number of hydrogen-bond donors (Lipinski definition) is 1. The van der Waals surface area contributed by atoms with E-state index in [4.69, 9.17) is 4.98 Å². The van der Waals surface area contributed by atoms with E-state index in [2.05, 4.69) is 46.0 Å². The van der Waals surface area contributed by atoms with Crippen LogP contribution in [0.15, 0.2) is 71.9 Å². The predicted octanol–water partition coefficient (Wildman–Crippen LogP) is 5.04. The molecule has 1 unspecified atom stereocenters. The summed E-state index contributed by atoms with van der Waals surface area (Å²) in [5.74, 6) is 1.51. The zero-order valence-electron chi connectivity index (χ0n) is 21.5. The number of nitrogens with zero attached hydrogens (tertiary/aromatic N) is 7. The van der Waals surface area contributed by atoms with Gasteiger partial charge in [-0.1, -0.05) is 50.6 Å².